The minimum atomic E-state index is -0.621. The highest BCUT2D eigenvalue weighted by Gasteiger charge is 2.29. The number of nitrogens with zero attached hydrogens (tertiary/aromatic N) is 1. The summed E-state index contributed by atoms with van der Waals surface area (Å²) in [5.74, 6) is 1.65. The zero-order valence-electron chi connectivity index (χ0n) is 14.3. The third-order valence-corrected chi connectivity index (χ3v) is 6.12. The molecule has 1 aliphatic rings. The topological polar surface area (TPSA) is 59.8 Å². The van der Waals surface area contributed by atoms with Crippen LogP contribution in [0.5, 0.6) is 0 Å². The molecule has 0 N–H and O–H groups in total. The zero-order valence-corrected chi connectivity index (χ0v) is 16.0. The van der Waals surface area contributed by atoms with E-state index in [1.807, 2.05) is 47.8 Å². The Balaban J connectivity index is 1.66. The third kappa shape index (κ3) is 4.47. The predicted octanol–water partition coefficient (Wildman–Crippen LogP) is 4.08. The van der Waals surface area contributed by atoms with Crippen LogP contribution in [-0.2, 0) is 9.53 Å². The molecule has 0 aliphatic carbocycles. The number of carbonyl (C=O) groups is 2. The van der Waals surface area contributed by atoms with Crippen LogP contribution in [0.4, 0.5) is 4.79 Å². The average Bonchev–Trinajstić information content (AvgIpc) is 3.19. The number of furan rings is 1. The van der Waals surface area contributed by atoms with Crippen LogP contribution in [0.3, 0.4) is 0 Å². The first kappa shape index (κ1) is 18.5. The van der Waals surface area contributed by atoms with E-state index in [0.717, 1.165) is 11.3 Å². The van der Waals surface area contributed by atoms with E-state index in [9.17, 15) is 9.59 Å². The fourth-order valence-corrected chi connectivity index (χ4v) is 4.81. The smallest absolute Gasteiger partial charge is 0.302 e. The molecule has 2 aromatic rings. The van der Waals surface area contributed by atoms with Crippen LogP contribution in [-0.4, -0.2) is 45.4 Å². The van der Waals surface area contributed by atoms with Crippen molar-refractivity contribution in [3.63, 3.8) is 0 Å². The summed E-state index contributed by atoms with van der Waals surface area (Å²) in [4.78, 5) is 25.6. The van der Waals surface area contributed by atoms with E-state index < -0.39 is 10.5 Å². The Morgan fingerprint density at radius 1 is 1.31 bits per heavy atom. The van der Waals surface area contributed by atoms with Crippen molar-refractivity contribution in [2.24, 2.45) is 0 Å². The van der Waals surface area contributed by atoms with Crippen LogP contribution in [0, 0.1) is 0 Å². The summed E-state index contributed by atoms with van der Waals surface area (Å²) >= 11 is 5.35. The highest BCUT2D eigenvalue weighted by molar-refractivity contribution is 8.29. The molecule has 0 radical (unpaired) electrons. The second-order valence-corrected chi connectivity index (χ2v) is 7.97. The second kappa shape index (κ2) is 8.42. The van der Waals surface area contributed by atoms with Gasteiger partial charge in [0.25, 0.3) is 5.24 Å². The summed E-state index contributed by atoms with van der Waals surface area (Å²) in [7, 11) is -0.621. The lowest BCUT2D eigenvalue weighted by atomic mass is 10.2. The quantitative estimate of drug-likeness (QED) is 0.423. The molecule has 26 heavy (non-hydrogen) atoms. The molecule has 1 aliphatic heterocycles. The van der Waals surface area contributed by atoms with E-state index in [2.05, 4.69) is 0 Å². The standard InChI is InChI=1S/C19H19NO4S2/c1-14(21)23-11-5-10-20-18(25)13-26(19(20)22)12-16-8-9-17(24-16)15-6-3-2-4-7-15/h2-4,6-9,12H,5,10-11,13H2,1H3. The second-order valence-electron chi connectivity index (χ2n) is 5.76. The lowest BCUT2D eigenvalue weighted by Crippen LogP contribution is -2.29. The van der Waals surface area contributed by atoms with Crippen molar-refractivity contribution >= 4 is 44.3 Å². The fourth-order valence-electron chi connectivity index (χ4n) is 2.58. The summed E-state index contributed by atoms with van der Waals surface area (Å²) in [5, 5.41) is 1.85. The van der Waals surface area contributed by atoms with Gasteiger partial charge in [-0.05, 0) is 18.6 Å². The van der Waals surface area contributed by atoms with Gasteiger partial charge in [0.15, 0.2) is 0 Å². The summed E-state index contributed by atoms with van der Waals surface area (Å²) in [6.07, 6.45) is 0.571. The number of ether oxygens (including phenoxy) is 1. The van der Waals surface area contributed by atoms with Crippen molar-refractivity contribution < 1.29 is 18.7 Å². The van der Waals surface area contributed by atoms with Gasteiger partial charge in [0, 0.05) is 30.2 Å². The Morgan fingerprint density at radius 2 is 2.08 bits per heavy atom. The molecule has 1 unspecified atom stereocenters. The molecular weight excluding hydrogens is 370 g/mol. The minimum Gasteiger partial charge on any atom is -0.466 e. The lowest BCUT2D eigenvalue weighted by molar-refractivity contribution is -0.141. The van der Waals surface area contributed by atoms with Gasteiger partial charge in [0.05, 0.1) is 11.6 Å². The largest absolute Gasteiger partial charge is 0.466 e. The summed E-state index contributed by atoms with van der Waals surface area (Å²) in [6.45, 7) is 2.12. The molecule has 7 heteroatoms. The molecule has 1 amide bonds. The predicted molar refractivity (Wildman–Crippen MR) is 108 cm³/mol. The minimum absolute atomic E-state index is 0.00418. The number of benzene rings is 1. The Morgan fingerprint density at radius 3 is 2.81 bits per heavy atom. The van der Waals surface area contributed by atoms with Crippen molar-refractivity contribution in [1.82, 2.24) is 4.90 Å². The van der Waals surface area contributed by atoms with Gasteiger partial charge in [-0.15, -0.1) is 0 Å². The van der Waals surface area contributed by atoms with Crippen LogP contribution in [0.25, 0.3) is 11.3 Å². The highest BCUT2D eigenvalue weighted by Crippen LogP contribution is 2.29. The molecule has 1 saturated heterocycles. The van der Waals surface area contributed by atoms with Gasteiger partial charge in [0.1, 0.15) is 11.5 Å². The monoisotopic (exact) mass is 389 g/mol. The van der Waals surface area contributed by atoms with Crippen LogP contribution in [0.15, 0.2) is 46.9 Å². The molecule has 2 heterocycles. The Kier molecular flexibility index (Phi) is 6.00. The van der Waals surface area contributed by atoms with Crippen molar-refractivity contribution in [3.8, 4) is 11.3 Å². The summed E-state index contributed by atoms with van der Waals surface area (Å²) < 4.78 is 10.8. The van der Waals surface area contributed by atoms with Gasteiger partial charge < -0.3 is 9.15 Å². The van der Waals surface area contributed by atoms with E-state index >= 15 is 0 Å². The number of thiocarbonyl (C=S) groups is 1. The molecule has 1 fully saturated rings. The van der Waals surface area contributed by atoms with Gasteiger partial charge in [-0.3, -0.25) is 14.5 Å². The first-order valence-corrected chi connectivity index (χ1v) is 10.1. The number of rotatable bonds is 6. The average molecular weight is 389 g/mol. The molecule has 136 valence electrons. The van der Waals surface area contributed by atoms with Crippen molar-refractivity contribution in [2.75, 3.05) is 18.9 Å². The maximum absolute atomic E-state index is 12.6. The highest BCUT2D eigenvalue weighted by atomic mass is 32.2. The number of carbonyl (C=O) groups excluding carboxylic acids is 2. The van der Waals surface area contributed by atoms with Crippen molar-refractivity contribution in [2.45, 2.75) is 13.3 Å². The van der Waals surface area contributed by atoms with Gasteiger partial charge in [-0.25, -0.2) is 0 Å². The molecule has 3 rings (SSSR count). The van der Waals surface area contributed by atoms with Crippen LogP contribution >= 0.6 is 22.7 Å². The van der Waals surface area contributed by atoms with Crippen LogP contribution < -0.4 is 0 Å². The summed E-state index contributed by atoms with van der Waals surface area (Å²) in [6, 6.07) is 13.6. The molecular formula is C19H19NO4S2. The van der Waals surface area contributed by atoms with Crippen LogP contribution in [0.2, 0.25) is 0 Å². The maximum atomic E-state index is 12.6. The number of amides is 1. The fraction of sp³-hybridized carbons (Fsp3) is 0.263. The zero-order chi connectivity index (χ0) is 18.5. The molecule has 0 saturated carbocycles. The van der Waals surface area contributed by atoms with Crippen molar-refractivity contribution in [3.05, 3.63) is 48.2 Å². The van der Waals surface area contributed by atoms with E-state index in [1.165, 1.54) is 6.92 Å². The van der Waals surface area contributed by atoms with E-state index in [4.69, 9.17) is 21.4 Å². The molecule has 1 aromatic carbocycles. The Bertz CT molecular complexity index is 857. The molecule has 0 spiro atoms. The molecule has 0 bridgehead atoms. The van der Waals surface area contributed by atoms with E-state index in [0.29, 0.717) is 29.5 Å². The third-order valence-electron chi connectivity index (χ3n) is 3.80. The first-order chi connectivity index (χ1) is 12.5. The van der Waals surface area contributed by atoms with Crippen LogP contribution in [0.1, 0.15) is 19.1 Å². The molecule has 1 aromatic heterocycles. The molecule has 5 nitrogen and oxygen atoms in total. The van der Waals surface area contributed by atoms with Gasteiger partial charge >= 0.3 is 5.97 Å². The van der Waals surface area contributed by atoms with Gasteiger partial charge in [-0.1, -0.05) is 53.0 Å². The normalized spacial score (nSPS) is 17.1. The Labute approximate surface area is 159 Å². The SMILES string of the molecule is CC(=O)OCCCN1C(=O)/S(=C/c2ccc(-c3ccccc3)o2)CC1=S. The number of hydrogen-bond donors (Lipinski definition) is 0. The first-order valence-electron chi connectivity index (χ1n) is 8.22. The van der Waals surface area contributed by atoms with Gasteiger partial charge in [-0.2, -0.15) is 0 Å². The number of esters is 1. The maximum Gasteiger partial charge on any atom is 0.302 e. The van der Waals surface area contributed by atoms with Crippen molar-refractivity contribution in [1.29, 1.82) is 0 Å². The van der Waals surface area contributed by atoms with E-state index in [1.54, 1.807) is 4.90 Å². The van der Waals surface area contributed by atoms with E-state index in [-0.39, 0.29) is 17.8 Å². The Hall–Kier alpha value is -2.25. The number of hydrogen-bond acceptors (Lipinski definition) is 5. The molecule has 1 atom stereocenters. The summed E-state index contributed by atoms with van der Waals surface area (Å²) in [5.41, 5.74) is 0.996. The lowest BCUT2D eigenvalue weighted by Gasteiger charge is -2.14. The van der Waals surface area contributed by atoms with Gasteiger partial charge in [0.2, 0.25) is 0 Å².